The Hall–Kier alpha value is -2.51. The number of nitrogens with zero attached hydrogens (tertiary/aromatic N) is 2. The molecule has 0 saturated carbocycles. The van der Waals surface area contributed by atoms with Crippen LogP contribution >= 0.6 is 0 Å². The summed E-state index contributed by atoms with van der Waals surface area (Å²) in [6.07, 6.45) is -3.92. The molecule has 0 atom stereocenters. The summed E-state index contributed by atoms with van der Waals surface area (Å²) in [4.78, 5) is 7.13. The number of nitrogen functional groups attached to an aromatic ring is 2. The van der Waals surface area contributed by atoms with E-state index >= 15 is 0 Å². The molecule has 2 rings (SSSR count). The van der Waals surface area contributed by atoms with Crippen molar-refractivity contribution in [2.24, 2.45) is 0 Å². The fourth-order valence-electron chi connectivity index (χ4n) is 1.37. The van der Waals surface area contributed by atoms with Crippen molar-refractivity contribution in [2.75, 3.05) is 16.8 Å². The van der Waals surface area contributed by atoms with Gasteiger partial charge in [-0.05, 0) is 24.3 Å². The second kappa shape index (κ2) is 4.63. The van der Waals surface area contributed by atoms with Gasteiger partial charge in [-0.1, -0.05) is 0 Å². The highest BCUT2D eigenvalue weighted by molar-refractivity contribution is 5.58. The first-order valence-electron chi connectivity index (χ1n) is 5.18. The molecule has 0 unspecified atom stereocenters. The number of nitrogens with two attached hydrogens (primary N) is 2. The maximum Gasteiger partial charge on any atom is 0.421 e. The van der Waals surface area contributed by atoms with E-state index in [4.69, 9.17) is 11.5 Å². The molecule has 0 aliphatic rings. The van der Waals surface area contributed by atoms with Gasteiger partial charge in [-0.15, -0.1) is 0 Å². The fourth-order valence-corrected chi connectivity index (χ4v) is 1.37. The second-order valence-electron chi connectivity index (χ2n) is 3.74. The van der Waals surface area contributed by atoms with Crippen molar-refractivity contribution in [3.05, 3.63) is 36.0 Å². The molecule has 8 heteroatoms. The van der Waals surface area contributed by atoms with Crippen molar-refractivity contribution in [1.29, 1.82) is 0 Å². The summed E-state index contributed by atoms with van der Waals surface area (Å²) in [5.74, 6) is -0.643. The van der Waals surface area contributed by atoms with Crippen LogP contribution in [0.25, 0.3) is 0 Å². The Kier molecular flexibility index (Phi) is 3.16. The highest BCUT2D eigenvalue weighted by Crippen LogP contribution is 2.32. The zero-order chi connectivity index (χ0) is 14.0. The second-order valence-corrected chi connectivity index (χ2v) is 3.74. The van der Waals surface area contributed by atoms with Gasteiger partial charge in [-0.25, -0.2) is 4.98 Å². The molecule has 0 saturated heterocycles. The third-order valence-electron chi connectivity index (χ3n) is 2.29. The van der Waals surface area contributed by atoms with Gasteiger partial charge >= 0.3 is 6.18 Å². The Morgan fingerprint density at radius 1 is 1.05 bits per heavy atom. The molecule has 0 amide bonds. The lowest BCUT2D eigenvalue weighted by atomic mass is 10.3. The number of rotatable bonds is 2. The molecule has 2 aromatic rings. The Morgan fingerprint density at radius 2 is 1.68 bits per heavy atom. The van der Waals surface area contributed by atoms with Crippen molar-refractivity contribution in [1.82, 2.24) is 9.97 Å². The van der Waals surface area contributed by atoms with Crippen LogP contribution in [0.4, 0.5) is 36.3 Å². The molecule has 0 bridgehead atoms. The standard InChI is InChI=1S/C11H10F3N5/c12-11(13,14)8-5-17-10(19-9(8)16)18-7-3-1-6(15)2-4-7/h1-5H,15H2,(H3,16,17,18,19). The predicted octanol–water partition coefficient (Wildman–Crippen LogP) is 2.40. The van der Waals surface area contributed by atoms with Gasteiger partial charge in [0.05, 0.1) is 0 Å². The van der Waals surface area contributed by atoms with Gasteiger partial charge in [0.2, 0.25) is 5.95 Å². The number of halogens is 3. The average molecular weight is 269 g/mol. The van der Waals surface area contributed by atoms with Crippen molar-refractivity contribution < 1.29 is 13.2 Å². The van der Waals surface area contributed by atoms with Crippen LogP contribution in [-0.2, 0) is 6.18 Å². The molecule has 0 aliphatic heterocycles. The summed E-state index contributed by atoms with van der Waals surface area (Å²) in [6.45, 7) is 0. The van der Waals surface area contributed by atoms with E-state index in [2.05, 4.69) is 15.3 Å². The van der Waals surface area contributed by atoms with Gasteiger partial charge in [0.25, 0.3) is 0 Å². The highest BCUT2D eigenvalue weighted by atomic mass is 19.4. The van der Waals surface area contributed by atoms with Gasteiger partial charge in [-0.3, -0.25) is 0 Å². The smallest absolute Gasteiger partial charge is 0.399 e. The van der Waals surface area contributed by atoms with Gasteiger partial charge < -0.3 is 16.8 Å². The Bertz CT molecular complexity index is 580. The van der Waals surface area contributed by atoms with Gasteiger partial charge in [-0.2, -0.15) is 18.2 Å². The molecule has 19 heavy (non-hydrogen) atoms. The normalized spacial score (nSPS) is 11.3. The van der Waals surface area contributed by atoms with Crippen molar-refractivity contribution in [2.45, 2.75) is 6.18 Å². The minimum absolute atomic E-state index is 0.0183. The number of hydrogen-bond donors (Lipinski definition) is 3. The largest absolute Gasteiger partial charge is 0.421 e. The van der Waals surface area contributed by atoms with Crippen LogP contribution in [0.1, 0.15) is 5.56 Å². The van der Waals surface area contributed by atoms with E-state index in [0.29, 0.717) is 17.6 Å². The van der Waals surface area contributed by atoms with E-state index in [0.717, 1.165) is 0 Å². The lowest BCUT2D eigenvalue weighted by Crippen LogP contribution is -2.12. The van der Waals surface area contributed by atoms with E-state index in [9.17, 15) is 13.2 Å². The third kappa shape index (κ3) is 3.03. The van der Waals surface area contributed by atoms with Crippen LogP contribution < -0.4 is 16.8 Å². The molecular weight excluding hydrogens is 259 g/mol. The van der Waals surface area contributed by atoms with E-state index in [-0.39, 0.29) is 5.95 Å². The Balaban J connectivity index is 2.23. The van der Waals surface area contributed by atoms with E-state index in [1.165, 1.54) is 0 Å². The predicted molar refractivity (Wildman–Crippen MR) is 65.6 cm³/mol. The molecule has 100 valence electrons. The third-order valence-corrected chi connectivity index (χ3v) is 2.29. The van der Waals surface area contributed by atoms with Crippen LogP contribution in [0.5, 0.6) is 0 Å². The van der Waals surface area contributed by atoms with Crippen LogP contribution in [0.2, 0.25) is 0 Å². The lowest BCUT2D eigenvalue weighted by Gasteiger charge is -2.10. The number of nitrogens with one attached hydrogen (secondary N) is 1. The summed E-state index contributed by atoms with van der Waals surface area (Å²) < 4.78 is 37.4. The molecular formula is C11H10F3N5. The minimum Gasteiger partial charge on any atom is -0.399 e. The van der Waals surface area contributed by atoms with Crippen LogP contribution in [0.3, 0.4) is 0 Å². The molecule has 0 radical (unpaired) electrons. The number of benzene rings is 1. The molecule has 5 nitrogen and oxygen atoms in total. The van der Waals surface area contributed by atoms with Gasteiger partial charge in [0.1, 0.15) is 11.4 Å². The number of anilines is 4. The maximum absolute atomic E-state index is 12.5. The van der Waals surface area contributed by atoms with Crippen LogP contribution in [0.15, 0.2) is 30.5 Å². The highest BCUT2D eigenvalue weighted by Gasteiger charge is 2.34. The summed E-state index contributed by atoms with van der Waals surface area (Å²) in [6, 6.07) is 6.56. The quantitative estimate of drug-likeness (QED) is 0.728. The van der Waals surface area contributed by atoms with Crippen molar-refractivity contribution in [3.8, 4) is 0 Å². The van der Waals surface area contributed by atoms with E-state index in [1.807, 2.05) is 0 Å². The first kappa shape index (κ1) is 12.9. The SMILES string of the molecule is Nc1ccc(Nc2ncc(C(F)(F)F)c(N)n2)cc1. The number of alkyl halides is 3. The molecule has 0 fully saturated rings. The summed E-state index contributed by atoms with van der Waals surface area (Å²) in [5, 5.41) is 2.73. The molecule has 5 N–H and O–H groups in total. The van der Waals surface area contributed by atoms with Crippen LogP contribution in [-0.4, -0.2) is 9.97 Å². The van der Waals surface area contributed by atoms with E-state index < -0.39 is 17.6 Å². The molecule has 0 aliphatic carbocycles. The topological polar surface area (TPSA) is 89.8 Å². The van der Waals surface area contributed by atoms with Gasteiger partial charge in [0, 0.05) is 17.6 Å². The molecule has 1 heterocycles. The Morgan fingerprint density at radius 3 is 2.21 bits per heavy atom. The Labute approximate surface area is 106 Å². The molecule has 1 aromatic carbocycles. The maximum atomic E-state index is 12.5. The first-order chi connectivity index (χ1) is 8.86. The van der Waals surface area contributed by atoms with Gasteiger partial charge in [0.15, 0.2) is 0 Å². The van der Waals surface area contributed by atoms with Crippen molar-refractivity contribution >= 4 is 23.1 Å². The summed E-state index contributed by atoms with van der Waals surface area (Å²) >= 11 is 0. The average Bonchev–Trinajstić information content (AvgIpc) is 2.30. The lowest BCUT2D eigenvalue weighted by molar-refractivity contribution is -0.137. The zero-order valence-electron chi connectivity index (χ0n) is 9.57. The van der Waals surface area contributed by atoms with E-state index in [1.54, 1.807) is 24.3 Å². The van der Waals surface area contributed by atoms with Crippen molar-refractivity contribution in [3.63, 3.8) is 0 Å². The molecule has 0 spiro atoms. The fraction of sp³-hybridized carbons (Fsp3) is 0.0909. The first-order valence-corrected chi connectivity index (χ1v) is 5.18. The summed E-state index contributed by atoms with van der Waals surface area (Å²) in [7, 11) is 0. The van der Waals surface area contributed by atoms with Crippen LogP contribution in [0, 0.1) is 0 Å². The molecule has 1 aromatic heterocycles. The monoisotopic (exact) mass is 269 g/mol. The number of aromatic nitrogens is 2. The summed E-state index contributed by atoms with van der Waals surface area (Å²) in [5.41, 5.74) is 10.9. The number of hydrogen-bond acceptors (Lipinski definition) is 5. The minimum atomic E-state index is -4.57. The zero-order valence-corrected chi connectivity index (χ0v) is 9.57.